The van der Waals surface area contributed by atoms with E-state index in [0.717, 1.165) is 11.3 Å². The number of rotatable bonds is 8. The molecule has 24 heavy (non-hydrogen) atoms. The van der Waals surface area contributed by atoms with Gasteiger partial charge in [0.25, 0.3) is 0 Å². The molecule has 0 saturated carbocycles. The zero-order chi connectivity index (χ0) is 17.2. The molecule has 5 heteroatoms. The van der Waals surface area contributed by atoms with Gasteiger partial charge in [-0.2, -0.15) is 0 Å². The van der Waals surface area contributed by atoms with Crippen molar-refractivity contribution in [3.05, 3.63) is 78.9 Å². The van der Waals surface area contributed by atoms with Crippen LogP contribution in [-0.2, 0) is 16.6 Å². The summed E-state index contributed by atoms with van der Waals surface area (Å²) < 4.78 is 12.1. The molecule has 0 spiro atoms. The second kappa shape index (κ2) is 9.67. The van der Waals surface area contributed by atoms with E-state index in [1.807, 2.05) is 60.7 Å². The smallest absolute Gasteiger partial charge is 0.322 e. The van der Waals surface area contributed by atoms with E-state index < -0.39 is 10.8 Å². The molecule has 0 unspecified atom stereocenters. The molecule has 4 nitrogen and oxygen atoms in total. The highest BCUT2D eigenvalue weighted by Crippen LogP contribution is 2.13. The average molecular weight is 342 g/mol. The van der Waals surface area contributed by atoms with Crippen LogP contribution in [0.5, 0.6) is 0 Å². The highest BCUT2D eigenvalue weighted by Gasteiger charge is 2.13. The van der Waals surface area contributed by atoms with Crippen LogP contribution < -0.4 is 10.2 Å². The van der Waals surface area contributed by atoms with Crippen LogP contribution in [0.4, 0.5) is 10.5 Å². The lowest BCUT2D eigenvalue weighted by Crippen LogP contribution is -2.41. The second-order valence-electron chi connectivity index (χ2n) is 5.24. The summed E-state index contributed by atoms with van der Waals surface area (Å²) in [5.74, 6) is 0.934. The van der Waals surface area contributed by atoms with Gasteiger partial charge in [0.1, 0.15) is 0 Å². The molecular weight excluding hydrogens is 320 g/mol. The minimum absolute atomic E-state index is 0.210. The summed E-state index contributed by atoms with van der Waals surface area (Å²) in [5, 5.41) is 2.83. The third-order valence-electron chi connectivity index (χ3n) is 3.40. The number of urea groups is 1. The van der Waals surface area contributed by atoms with Crippen LogP contribution in [0.25, 0.3) is 0 Å². The number of hydrogen-bond acceptors (Lipinski definition) is 2. The Morgan fingerprint density at radius 2 is 1.71 bits per heavy atom. The summed E-state index contributed by atoms with van der Waals surface area (Å²) in [6.45, 7) is 4.49. The first-order valence-corrected chi connectivity index (χ1v) is 9.29. The van der Waals surface area contributed by atoms with Gasteiger partial charge in [-0.15, -0.1) is 6.58 Å². The molecule has 2 aromatic rings. The number of amides is 2. The fourth-order valence-electron chi connectivity index (χ4n) is 2.24. The Kier molecular flexibility index (Phi) is 7.23. The Balaban J connectivity index is 1.82. The number of benzene rings is 2. The third-order valence-corrected chi connectivity index (χ3v) is 4.72. The standard InChI is InChI=1S/C19H22N2O2S/c1-2-14-21(18-11-7-4-8-12-18)19(22)20-13-15-24(23)16-17-9-5-3-6-10-17/h2-12H,1,13-16H2,(H,20,22)/t24-/m0/s1. The predicted molar refractivity (Wildman–Crippen MR) is 101 cm³/mol. The molecule has 0 radical (unpaired) electrons. The molecule has 0 aliphatic carbocycles. The van der Waals surface area contributed by atoms with Gasteiger partial charge < -0.3 is 5.32 Å². The zero-order valence-corrected chi connectivity index (χ0v) is 14.4. The van der Waals surface area contributed by atoms with Gasteiger partial charge in [-0.1, -0.05) is 54.6 Å². The summed E-state index contributed by atoms with van der Waals surface area (Å²) in [4.78, 5) is 13.9. The Hall–Kier alpha value is -2.40. The molecule has 1 N–H and O–H groups in total. The van der Waals surface area contributed by atoms with Crippen molar-refractivity contribution in [2.24, 2.45) is 0 Å². The van der Waals surface area contributed by atoms with Crippen LogP contribution >= 0.6 is 0 Å². The van der Waals surface area contributed by atoms with E-state index in [1.54, 1.807) is 11.0 Å². The normalized spacial score (nSPS) is 11.5. The van der Waals surface area contributed by atoms with Crippen LogP contribution in [0.2, 0.25) is 0 Å². The summed E-state index contributed by atoms with van der Waals surface area (Å²) >= 11 is 0. The minimum atomic E-state index is -1.00. The fourth-order valence-corrected chi connectivity index (χ4v) is 3.28. The zero-order valence-electron chi connectivity index (χ0n) is 13.6. The van der Waals surface area contributed by atoms with E-state index in [1.165, 1.54) is 0 Å². The van der Waals surface area contributed by atoms with E-state index in [9.17, 15) is 9.00 Å². The number of carbonyl (C=O) groups is 1. The highest BCUT2D eigenvalue weighted by molar-refractivity contribution is 7.84. The lowest BCUT2D eigenvalue weighted by atomic mass is 10.2. The third kappa shape index (κ3) is 5.66. The molecular formula is C19H22N2O2S. The van der Waals surface area contributed by atoms with Gasteiger partial charge in [0.05, 0.1) is 0 Å². The summed E-state index contributed by atoms with van der Waals surface area (Å²) in [5.41, 5.74) is 1.85. The molecule has 0 bridgehead atoms. The van der Waals surface area contributed by atoms with Crippen molar-refractivity contribution < 1.29 is 9.00 Å². The Morgan fingerprint density at radius 1 is 1.08 bits per heavy atom. The maximum atomic E-state index is 12.3. The topological polar surface area (TPSA) is 49.4 Å². The summed E-state index contributed by atoms with van der Waals surface area (Å²) in [6, 6.07) is 18.9. The number of nitrogens with one attached hydrogen (secondary N) is 1. The van der Waals surface area contributed by atoms with Gasteiger partial charge >= 0.3 is 6.03 Å². The molecule has 126 valence electrons. The Bertz CT molecular complexity index is 674. The van der Waals surface area contributed by atoms with Crippen molar-refractivity contribution in [3.8, 4) is 0 Å². The van der Waals surface area contributed by atoms with Crippen molar-refractivity contribution in [1.29, 1.82) is 0 Å². The number of hydrogen-bond donors (Lipinski definition) is 1. The summed E-state index contributed by atoms with van der Waals surface area (Å²) in [6.07, 6.45) is 1.68. The van der Waals surface area contributed by atoms with Crippen LogP contribution in [0, 0.1) is 0 Å². The predicted octanol–water partition coefficient (Wildman–Crippen LogP) is 3.34. The van der Waals surface area contributed by atoms with Gasteiger partial charge in [0.2, 0.25) is 0 Å². The van der Waals surface area contributed by atoms with Crippen molar-refractivity contribution in [2.45, 2.75) is 5.75 Å². The van der Waals surface area contributed by atoms with Gasteiger partial charge in [-0.05, 0) is 17.7 Å². The molecule has 2 rings (SSSR count). The number of nitrogens with zero attached hydrogens (tertiary/aromatic N) is 1. The van der Waals surface area contributed by atoms with Gasteiger partial charge in [0, 0.05) is 41.1 Å². The van der Waals surface area contributed by atoms with Crippen LogP contribution in [0.1, 0.15) is 5.56 Å². The summed E-state index contributed by atoms with van der Waals surface area (Å²) in [7, 11) is -1.00. The quantitative estimate of drug-likeness (QED) is 0.748. The van der Waals surface area contributed by atoms with Crippen molar-refractivity contribution in [3.63, 3.8) is 0 Å². The lowest BCUT2D eigenvalue weighted by Gasteiger charge is -2.21. The second-order valence-corrected chi connectivity index (χ2v) is 6.82. The molecule has 0 saturated heterocycles. The van der Waals surface area contributed by atoms with E-state index in [0.29, 0.717) is 24.6 Å². The van der Waals surface area contributed by atoms with Crippen molar-refractivity contribution in [2.75, 3.05) is 23.7 Å². The molecule has 2 aromatic carbocycles. The number of carbonyl (C=O) groups excluding carboxylic acids is 1. The molecule has 0 heterocycles. The van der Waals surface area contributed by atoms with E-state index in [-0.39, 0.29) is 6.03 Å². The van der Waals surface area contributed by atoms with Gasteiger partial charge in [0.15, 0.2) is 0 Å². The maximum Gasteiger partial charge on any atom is 0.322 e. The van der Waals surface area contributed by atoms with E-state index >= 15 is 0 Å². The fraction of sp³-hybridized carbons (Fsp3) is 0.211. The Labute approximate surface area is 145 Å². The highest BCUT2D eigenvalue weighted by atomic mass is 32.2. The first kappa shape index (κ1) is 17.9. The van der Waals surface area contributed by atoms with Crippen LogP contribution in [0.15, 0.2) is 73.3 Å². The van der Waals surface area contributed by atoms with Crippen molar-refractivity contribution >= 4 is 22.5 Å². The van der Waals surface area contributed by atoms with E-state index in [4.69, 9.17) is 0 Å². The maximum absolute atomic E-state index is 12.3. The van der Waals surface area contributed by atoms with Gasteiger partial charge in [-0.25, -0.2) is 4.79 Å². The molecule has 0 aliphatic heterocycles. The molecule has 0 aliphatic rings. The SMILES string of the molecule is C=CCN(C(=O)NCC[S@](=O)Cc1ccccc1)c1ccccc1. The average Bonchev–Trinajstić information content (AvgIpc) is 2.61. The Morgan fingerprint density at radius 3 is 2.33 bits per heavy atom. The largest absolute Gasteiger partial charge is 0.337 e. The monoisotopic (exact) mass is 342 g/mol. The number of para-hydroxylation sites is 1. The molecule has 0 aromatic heterocycles. The van der Waals surface area contributed by atoms with Gasteiger partial charge in [-0.3, -0.25) is 9.11 Å². The molecule has 1 atom stereocenters. The van der Waals surface area contributed by atoms with Crippen LogP contribution in [0.3, 0.4) is 0 Å². The molecule has 2 amide bonds. The number of anilines is 1. The lowest BCUT2D eigenvalue weighted by molar-refractivity contribution is 0.247. The first-order chi connectivity index (χ1) is 11.7. The van der Waals surface area contributed by atoms with Crippen molar-refractivity contribution in [1.82, 2.24) is 5.32 Å². The minimum Gasteiger partial charge on any atom is -0.337 e. The van der Waals surface area contributed by atoms with Crippen LogP contribution in [-0.4, -0.2) is 29.1 Å². The molecule has 0 fully saturated rings. The van der Waals surface area contributed by atoms with E-state index in [2.05, 4.69) is 11.9 Å². The first-order valence-electron chi connectivity index (χ1n) is 7.81.